The van der Waals surface area contributed by atoms with Gasteiger partial charge in [-0.1, -0.05) is 49.6 Å². The van der Waals surface area contributed by atoms with E-state index in [1.54, 1.807) is 4.90 Å². The highest BCUT2D eigenvalue weighted by molar-refractivity contribution is 5.89. The van der Waals surface area contributed by atoms with Crippen LogP contribution in [0, 0.1) is 5.41 Å². The first-order valence-electron chi connectivity index (χ1n) is 8.85. The van der Waals surface area contributed by atoms with Gasteiger partial charge >= 0.3 is 0 Å². The lowest BCUT2D eigenvalue weighted by molar-refractivity contribution is -0.139. The van der Waals surface area contributed by atoms with Crippen LogP contribution in [-0.4, -0.2) is 41.0 Å². The van der Waals surface area contributed by atoms with Crippen molar-refractivity contribution in [3.63, 3.8) is 0 Å². The number of rotatable bonds is 5. The molecule has 24 heavy (non-hydrogen) atoms. The number of hydrogen-bond acceptors (Lipinski definition) is 3. The molecule has 1 aromatic carbocycles. The number of nitrogens with one attached hydrogen (secondary N) is 1. The monoisotopic (exact) mass is 330 g/mol. The van der Waals surface area contributed by atoms with Gasteiger partial charge in [0.05, 0.1) is 6.61 Å². The third-order valence-electron chi connectivity index (χ3n) is 5.43. The van der Waals surface area contributed by atoms with E-state index in [4.69, 9.17) is 0 Å². The molecule has 1 heterocycles. The summed E-state index contributed by atoms with van der Waals surface area (Å²) in [5.41, 5.74) is 1.03. The molecule has 2 aliphatic rings. The molecule has 3 rings (SSSR count). The number of likely N-dealkylation sites (tertiary alicyclic amines) is 1. The third-order valence-corrected chi connectivity index (χ3v) is 5.43. The maximum atomic E-state index is 12.5. The molecule has 5 heteroatoms. The maximum Gasteiger partial charge on any atom is 0.245 e. The number of amides is 2. The molecule has 0 bridgehead atoms. The number of aliphatic hydroxyl groups excluding tert-OH is 1. The van der Waals surface area contributed by atoms with E-state index >= 15 is 0 Å². The summed E-state index contributed by atoms with van der Waals surface area (Å²) < 4.78 is 0. The molecule has 0 unspecified atom stereocenters. The summed E-state index contributed by atoms with van der Waals surface area (Å²) in [4.78, 5) is 26.6. The molecule has 2 amide bonds. The van der Waals surface area contributed by atoms with Crippen LogP contribution in [0.1, 0.15) is 44.1 Å². The van der Waals surface area contributed by atoms with Crippen molar-refractivity contribution in [1.29, 1.82) is 0 Å². The molecule has 1 aromatic rings. The van der Waals surface area contributed by atoms with Crippen molar-refractivity contribution in [2.24, 2.45) is 5.41 Å². The molecule has 5 nitrogen and oxygen atoms in total. The minimum atomic E-state index is -0.775. The number of carbonyl (C=O) groups excluding carboxylic acids is 2. The van der Waals surface area contributed by atoms with E-state index in [1.165, 1.54) is 6.42 Å². The lowest BCUT2D eigenvalue weighted by Crippen LogP contribution is -2.50. The second-order valence-electron chi connectivity index (χ2n) is 7.16. The van der Waals surface area contributed by atoms with Gasteiger partial charge in [0.25, 0.3) is 0 Å². The molecule has 1 atom stereocenters. The highest BCUT2D eigenvalue weighted by Gasteiger charge is 2.46. The average molecular weight is 330 g/mol. The Hall–Kier alpha value is -1.88. The molecular weight excluding hydrogens is 304 g/mol. The molecule has 1 aliphatic carbocycles. The molecule has 0 radical (unpaired) electrons. The van der Waals surface area contributed by atoms with E-state index in [9.17, 15) is 14.7 Å². The summed E-state index contributed by atoms with van der Waals surface area (Å²) in [6.07, 6.45) is 6.18. The number of benzene rings is 1. The Morgan fingerprint density at radius 1 is 1.21 bits per heavy atom. The Morgan fingerprint density at radius 3 is 2.58 bits per heavy atom. The van der Waals surface area contributed by atoms with Crippen LogP contribution >= 0.6 is 0 Å². The van der Waals surface area contributed by atoms with Crippen molar-refractivity contribution >= 4 is 11.8 Å². The first-order chi connectivity index (χ1) is 11.6. The van der Waals surface area contributed by atoms with Crippen LogP contribution in [0.4, 0.5) is 0 Å². The van der Waals surface area contributed by atoms with Crippen LogP contribution in [0.3, 0.4) is 0 Å². The molecule has 0 aromatic heterocycles. The summed E-state index contributed by atoms with van der Waals surface area (Å²) in [5.74, 6) is -0.270. The zero-order chi connectivity index (χ0) is 17.0. The van der Waals surface area contributed by atoms with Gasteiger partial charge in [-0.2, -0.15) is 0 Å². The fourth-order valence-corrected chi connectivity index (χ4v) is 4.07. The summed E-state index contributed by atoms with van der Waals surface area (Å²) in [5, 5.41) is 12.5. The van der Waals surface area contributed by atoms with Gasteiger partial charge in [-0.3, -0.25) is 9.59 Å². The van der Waals surface area contributed by atoms with E-state index in [0.717, 1.165) is 31.2 Å². The predicted molar refractivity (Wildman–Crippen MR) is 91.0 cm³/mol. The van der Waals surface area contributed by atoms with Crippen molar-refractivity contribution in [3.8, 4) is 0 Å². The number of aliphatic hydroxyl groups is 1. The summed E-state index contributed by atoms with van der Waals surface area (Å²) in [6, 6.07) is 8.86. The summed E-state index contributed by atoms with van der Waals surface area (Å²) >= 11 is 0. The van der Waals surface area contributed by atoms with E-state index < -0.39 is 6.04 Å². The third kappa shape index (κ3) is 3.61. The van der Waals surface area contributed by atoms with Crippen molar-refractivity contribution in [3.05, 3.63) is 35.9 Å². The largest absolute Gasteiger partial charge is 0.394 e. The van der Waals surface area contributed by atoms with Gasteiger partial charge < -0.3 is 15.3 Å². The zero-order valence-electron chi connectivity index (χ0n) is 14.0. The van der Waals surface area contributed by atoms with E-state index in [-0.39, 0.29) is 23.8 Å². The Bertz CT molecular complexity index is 582. The van der Waals surface area contributed by atoms with Gasteiger partial charge in [-0.05, 0) is 23.8 Å². The second-order valence-corrected chi connectivity index (χ2v) is 7.16. The number of hydrogen-bond donors (Lipinski definition) is 2. The van der Waals surface area contributed by atoms with Gasteiger partial charge in [0.2, 0.25) is 11.8 Å². The van der Waals surface area contributed by atoms with E-state index in [2.05, 4.69) is 5.32 Å². The topological polar surface area (TPSA) is 69.6 Å². The minimum Gasteiger partial charge on any atom is -0.394 e. The van der Waals surface area contributed by atoms with Crippen LogP contribution in [0.2, 0.25) is 0 Å². The first-order valence-corrected chi connectivity index (χ1v) is 8.85. The standard InChI is InChI=1S/C19H26N2O3/c22-13-16(18(24)20-12-15-7-3-1-4-8-15)21-14-19(11-17(21)23)9-5-2-6-10-19/h1,3-4,7-8,16,22H,2,5-6,9-14H2,(H,20,24)/t16-/m0/s1. The van der Waals surface area contributed by atoms with Crippen LogP contribution in [0.15, 0.2) is 30.3 Å². The van der Waals surface area contributed by atoms with Gasteiger partial charge in [0.15, 0.2) is 0 Å². The fraction of sp³-hybridized carbons (Fsp3) is 0.579. The Morgan fingerprint density at radius 2 is 1.92 bits per heavy atom. The lowest BCUT2D eigenvalue weighted by Gasteiger charge is -2.34. The first kappa shape index (κ1) is 17.0. The molecule has 2 N–H and O–H groups in total. The Labute approximate surface area is 143 Å². The van der Waals surface area contributed by atoms with Crippen LogP contribution in [-0.2, 0) is 16.1 Å². The zero-order valence-corrected chi connectivity index (χ0v) is 14.0. The molecule has 1 aliphatic heterocycles. The number of nitrogens with zero attached hydrogens (tertiary/aromatic N) is 1. The van der Waals surface area contributed by atoms with Gasteiger partial charge in [-0.15, -0.1) is 0 Å². The molecule has 1 saturated carbocycles. The Kier molecular flexibility index (Phi) is 5.19. The second kappa shape index (κ2) is 7.34. The smallest absolute Gasteiger partial charge is 0.245 e. The molecule has 2 fully saturated rings. The van der Waals surface area contributed by atoms with Crippen LogP contribution in [0.5, 0.6) is 0 Å². The van der Waals surface area contributed by atoms with E-state index in [0.29, 0.717) is 19.5 Å². The highest BCUT2D eigenvalue weighted by atomic mass is 16.3. The fourth-order valence-electron chi connectivity index (χ4n) is 4.07. The number of carbonyl (C=O) groups is 2. The molecule has 130 valence electrons. The minimum absolute atomic E-state index is 0.00538. The average Bonchev–Trinajstić information content (AvgIpc) is 2.91. The normalized spacial score (nSPS) is 21.0. The van der Waals surface area contributed by atoms with Gasteiger partial charge in [0, 0.05) is 19.5 Å². The van der Waals surface area contributed by atoms with Gasteiger partial charge in [-0.25, -0.2) is 0 Å². The van der Waals surface area contributed by atoms with Crippen molar-refractivity contribution in [2.75, 3.05) is 13.2 Å². The van der Waals surface area contributed by atoms with Crippen LogP contribution in [0.25, 0.3) is 0 Å². The van der Waals surface area contributed by atoms with Crippen LogP contribution < -0.4 is 5.32 Å². The Balaban J connectivity index is 1.62. The van der Waals surface area contributed by atoms with Crippen molar-refractivity contribution in [2.45, 2.75) is 51.1 Å². The SMILES string of the molecule is O=C(NCc1ccccc1)[C@H](CO)N1CC2(CCCCC2)CC1=O. The maximum absolute atomic E-state index is 12.5. The lowest BCUT2D eigenvalue weighted by atomic mass is 9.73. The summed E-state index contributed by atoms with van der Waals surface area (Å²) in [7, 11) is 0. The summed E-state index contributed by atoms with van der Waals surface area (Å²) in [6.45, 7) is 0.682. The molecule has 1 spiro atoms. The molecular formula is C19H26N2O3. The van der Waals surface area contributed by atoms with Crippen molar-refractivity contribution < 1.29 is 14.7 Å². The quantitative estimate of drug-likeness (QED) is 0.865. The highest BCUT2D eigenvalue weighted by Crippen LogP contribution is 2.44. The predicted octanol–water partition coefficient (Wildman–Crippen LogP) is 1.85. The van der Waals surface area contributed by atoms with Gasteiger partial charge in [0.1, 0.15) is 6.04 Å². The van der Waals surface area contributed by atoms with E-state index in [1.807, 2.05) is 30.3 Å². The van der Waals surface area contributed by atoms with Crippen molar-refractivity contribution in [1.82, 2.24) is 10.2 Å². The molecule has 1 saturated heterocycles.